The van der Waals surface area contributed by atoms with Crippen molar-refractivity contribution in [1.82, 2.24) is 0 Å². The predicted molar refractivity (Wildman–Crippen MR) is 104 cm³/mol. The zero-order valence-electron chi connectivity index (χ0n) is 15.8. The molecule has 1 aliphatic heterocycles. The Balaban J connectivity index is 2.37. The third-order valence-electron chi connectivity index (χ3n) is 4.05. The molecule has 2 rings (SSSR count). The molecule has 1 aromatic rings. The second-order valence-electron chi connectivity index (χ2n) is 6.37. The molecule has 0 saturated heterocycles. The summed E-state index contributed by atoms with van der Waals surface area (Å²) >= 11 is 0. The molecule has 0 aromatic heterocycles. The number of nitrogens with zero attached hydrogens (tertiary/aromatic N) is 4. The molecule has 0 fully saturated rings. The fraction of sp³-hybridized carbons (Fsp3) is 0.182. The Kier molecular flexibility index (Phi) is 6.17. The largest absolute Gasteiger partial charge is 0.480 e. The van der Waals surface area contributed by atoms with E-state index in [0.29, 0.717) is 5.57 Å². The van der Waals surface area contributed by atoms with E-state index in [1.54, 1.807) is 50.4 Å². The second kappa shape index (κ2) is 8.54. The Labute approximate surface area is 164 Å². The van der Waals surface area contributed by atoms with Gasteiger partial charge in [0, 0.05) is 24.4 Å². The van der Waals surface area contributed by atoms with Crippen LogP contribution in [0.4, 0.5) is 5.69 Å². The van der Waals surface area contributed by atoms with Gasteiger partial charge in [0.2, 0.25) is 5.91 Å². The zero-order chi connectivity index (χ0) is 20.7. The topological polar surface area (TPSA) is 101 Å². The lowest BCUT2D eigenvalue weighted by Gasteiger charge is -2.20. The van der Waals surface area contributed by atoms with Crippen LogP contribution in [0.2, 0.25) is 0 Å². The average Bonchev–Trinajstić information content (AvgIpc) is 2.93. The van der Waals surface area contributed by atoms with Crippen molar-refractivity contribution in [2.75, 3.05) is 4.90 Å². The molecule has 0 aliphatic carbocycles. The highest BCUT2D eigenvalue weighted by Gasteiger charge is 2.38. The highest BCUT2D eigenvalue weighted by Crippen LogP contribution is 2.40. The summed E-state index contributed by atoms with van der Waals surface area (Å²) in [4.78, 5) is 13.4. The summed E-state index contributed by atoms with van der Waals surface area (Å²) in [5.74, 6) is -0.147. The molecule has 1 heterocycles. The molecule has 0 N–H and O–H groups in total. The summed E-state index contributed by atoms with van der Waals surface area (Å²) in [7, 11) is 0. The molecule has 0 saturated carbocycles. The van der Waals surface area contributed by atoms with Gasteiger partial charge in [-0.2, -0.15) is 15.8 Å². The summed E-state index contributed by atoms with van der Waals surface area (Å²) in [6.45, 7) is 4.96. The third kappa shape index (κ3) is 4.18. The Morgan fingerprint density at radius 1 is 1.11 bits per heavy atom. The van der Waals surface area contributed by atoms with E-state index >= 15 is 0 Å². The third-order valence-corrected chi connectivity index (χ3v) is 4.05. The van der Waals surface area contributed by atoms with Crippen molar-refractivity contribution < 1.29 is 9.53 Å². The first-order chi connectivity index (χ1) is 13.4. The van der Waals surface area contributed by atoms with Gasteiger partial charge in [-0.15, -0.1) is 0 Å². The van der Waals surface area contributed by atoms with Crippen molar-refractivity contribution in [3.63, 3.8) is 0 Å². The van der Waals surface area contributed by atoms with E-state index in [4.69, 9.17) is 15.3 Å². The lowest BCUT2D eigenvalue weighted by molar-refractivity contribution is -0.116. The van der Waals surface area contributed by atoms with Gasteiger partial charge in [-0.1, -0.05) is 30.4 Å². The molecule has 1 aliphatic rings. The molecule has 6 heteroatoms. The minimum absolute atomic E-state index is 0.00391. The fourth-order valence-electron chi connectivity index (χ4n) is 2.73. The average molecular weight is 370 g/mol. The molecular formula is C22H18N4O2. The fourth-order valence-corrected chi connectivity index (χ4v) is 2.73. The first kappa shape index (κ1) is 20.2. The molecule has 138 valence electrons. The number of nitriles is 3. The number of rotatable bonds is 4. The van der Waals surface area contributed by atoms with E-state index in [1.165, 1.54) is 11.8 Å². The van der Waals surface area contributed by atoms with Crippen LogP contribution in [0.15, 0.2) is 77.2 Å². The molecule has 0 radical (unpaired) electrons. The number of hydrogen-bond donors (Lipinski definition) is 0. The van der Waals surface area contributed by atoms with Crippen LogP contribution in [0.5, 0.6) is 0 Å². The number of ether oxygens (including phenoxy) is 1. The smallest absolute Gasteiger partial charge is 0.227 e. The summed E-state index contributed by atoms with van der Waals surface area (Å²) < 4.78 is 5.69. The van der Waals surface area contributed by atoms with E-state index in [1.807, 2.05) is 36.4 Å². The number of amides is 1. The molecule has 0 spiro atoms. The van der Waals surface area contributed by atoms with Crippen molar-refractivity contribution >= 4 is 11.6 Å². The monoisotopic (exact) mass is 370 g/mol. The number of carbonyl (C=O) groups is 1. The highest BCUT2D eigenvalue weighted by molar-refractivity contribution is 5.93. The van der Waals surface area contributed by atoms with Crippen LogP contribution in [-0.2, 0) is 9.53 Å². The van der Waals surface area contributed by atoms with Crippen LogP contribution >= 0.6 is 0 Å². The first-order valence-electron chi connectivity index (χ1n) is 8.44. The van der Waals surface area contributed by atoms with Gasteiger partial charge in [-0.3, -0.25) is 9.69 Å². The van der Waals surface area contributed by atoms with Crippen molar-refractivity contribution in [3.8, 4) is 18.2 Å². The molecule has 28 heavy (non-hydrogen) atoms. The van der Waals surface area contributed by atoms with Gasteiger partial charge in [0.05, 0.1) is 0 Å². The quantitative estimate of drug-likeness (QED) is 0.588. The van der Waals surface area contributed by atoms with Crippen molar-refractivity contribution in [1.29, 1.82) is 15.8 Å². The molecule has 1 amide bonds. The van der Waals surface area contributed by atoms with Crippen LogP contribution in [0.25, 0.3) is 0 Å². The minimum Gasteiger partial charge on any atom is -0.480 e. The standard InChI is InChI=1S/C22H18N4O2/c1-16(27)26(18-9-5-4-6-10-18)12-8-7-11-20-19(15-25)21(17(13-23)14-24)28-22(20,2)3/h4-12H,1-3H3. The maximum Gasteiger partial charge on any atom is 0.227 e. The van der Waals surface area contributed by atoms with Crippen LogP contribution in [0, 0.1) is 34.0 Å². The van der Waals surface area contributed by atoms with Crippen molar-refractivity contribution in [2.24, 2.45) is 0 Å². The predicted octanol–water partition coefficient (Wildman–Crippen LogP) is 4.04. The summed E-state index contributed by atoms with van der Waals surface area (Å²) in [5.41, 5.74) is 0.323. The number of hydrogen-bond acceptors (Lipinski definition) is 5. The molecule has 0 atom stereocenters. The van der Waals surface area contributed by atoms with Crippen LogP contribution in [-0.4, -0.2) is 11.5 Å². The van der Waals surface area contributed by atoms with Gasteiger partial charge >= 0.3 is 0 Å². The number of benzene rings is 1. The van der Waals surface area contributed by atoms with Gasteiger partial charge < -0.3 is 4.74 Å². The van der Waals surface area contributed by atoms with Crippen molar-refractivity contribution in [3.05, 3.63) is 77.2 Å². The summed E-state index contributed by atoms with van der Waals surface area (Å²) in [6.07, 6.45) is 6.65. The Bertz CT molecular complexity index is 1010. The normalized spacial score (nSPS) is 15.1. The van der Waals surface area contributed by atoms with E-state index in [2.05, 4.69) is 0 Å². The van der Waals surface area contributed by atoms with Gasteiger partial charge in [0.25, 0.3) is 0 Å². The maximum atomic E-state index is 11.9. The zero-order valence-corrected chi connectivity index (χ0v) is 15.8. The van der Waals surface area contributed by atoms with Gasteiger partial charge in [0.1, 0.15) is 29.4 Å². The first-order valence-corrected chi connectivity index (χ1v) is 8.44. The van der Waals surface area contributed by atoms with Gasteiger partial charge in [-0.05, 0) is 32.1 Å². The lowest BCUT2D eigenvalue weighted by atomic mass is 9.95. The van der Waals surface area contributed by atoms with Crippen molar-refractivity contribution in [2.45, 2.75) is 26.4 Å². The minimum atomic E-state index is -0.872. The molecule has 6 nitrogen and oxygen atoms in total. The highest BCUT2D eigenvalue weighted by atomic mass is 16.5. The second-order valence-corrected chi connectivity index (χ2v) is 6.37. The Hall–Kier alpha value is -4.08. The molecular weight excluding hydrogens is 352 g/mol. The molecule has 0 unspecified atom stereocenters. The summed E-state index contributed by atoms with van der Waals surface area (Å²) in [6, 6.07) is 14.7. The lowest BCUT2D eigenvalue weighted by Crippen LogP contribution is -2.21. The summed E-state index contributed by atoms with van der Waals surface area (Å²) in [5, 5.41) is 27.7. The number of allylic oxidation sites excluding steroid dienone is 4. The van der Waals surface area contributed by atoms with Crippen LogP contribution < -0.4 is 4.90 Å². The van der Waals surface area contributed by atoms with Crippen LogP contribution in [0.1, 0.15) is 20.8 Å². The molecule has 0 bridgehead atoms. The van der Waals surface area contributed by atoms with E-state index in [9.17, 15) is 10.1 Å². The van der Waals surface area contributed by atoms with E-state index < -0.39 is 5.60 Å². The van der Waals surface area contributed by atoms with Gasteiger partial charge in [-0.25, -0.2) is 0 Å². The van der Waals surface area contributed by atoms with E-state index in [0.717, 1.165) is 5.69 Å². The van der Waals surface area contributed by atoms with E-state index in [-0.39, 0.29) is 22.8 Å². The number of carbonyl (C=O) groups excluding carboxylic acids is 1. The Morgan fingerprint density at radius 3 is 2.29 bits per heavy atom. The number of anilines is 1. The Morgan fingerprint density at radius 2 is 1.75 bits per heavy atom. The van der Waals surface area contributed by atoms with Gasteiger partial charge in [0.15, 0.2) is 11.3 Å². The SMILES string of the molecule is CC(=O)N(C=CC=CC1=C(C#N)C(=C(C#N)C#N)OC1(C)C)c1ccccc1. The number of para-hydroxylation sites is 1. The molecule has 1 aromatic carbocycles. The maximum absolute atomic E-state index is 11.9. The van der Waals surface area contributed by atoms with Crippen LogP contribution in [0.3, 0.4) is 0 Å².